The van der Waals surface area contributed by atoms with E-state index in [2.05, 4.69) is 56.1 Å². The lowest BCUT2D eigenvalue weighted by Crippen LogP contribution is -1.90. The molecule has 2 rings (SSSR count). The van der Waals surface area contributed by atoms with Crippen LogP contribution < -0.4 is 0 Å². The molecular formula is C14H14N2S. The molecular weight excluding hydrogens is 228 g/mol. The van der Waals surface area contributed by atoms with Gasteiger partial charge in [-0.1, -0.05) is 43.7 Å². The van der Waals surface area contributed by atoms with Crippen molar-refractivity contribution < 1.29 is 0 Å². The molecule has 0 aliphatic carbocycles. The van der Waals surface area contributed by atoms with Crippen molar-refractivity contribution in [2.75, 3.05) is 0 Å². The number of rotatable bonds is 2. The molecule has 0 aliphatic rings. The summed E-state index contributed by atoms with van der Waals surface area (Å²) in [6.45, 7) is 6.19. The van der Waals surface area contributed by atoms with E-state index in [9.17, 15) is 0 Å². The van der Waals surface area contributed by atoms with Crippen molar-refractivity contribution in [3.05, 3.63) is 40.4 Å². The number of benzene rings is 1. The van der Waals surface area contributed by atoms with Gasteiger partial charge in [-0.3, -0.25) is 0 Å². The van der Waals surface area contributed by atoms with Crippen LogP contribution in [0.15, 0.2) is 24.3 Å². The van der Waals surface area contributed by atoms with Gasteiger partial charge in [0.05, 0.1) is 5.69 Å². The van der Waals surface area contributed by atoms with Crippen LogP contribution in [0, 0.1) is 18.3 Å². The van der Waals surface area contributed by atoms with Gasteiger partial charge in [-0.15, -0.1) is 11.3 Å². The van der Waals surface area contributed by atoms with Gasteiger partial charge in [-0.25, -0.2) is 4.98 Å². The van der Waals surface area contributed by atoms with Gasteiger partial charge < -0.3 is 0 Å². The predicted molar refractivity (Wildman–Crippen MR) is 71.1 cm³/mol. The lowest BCUT2D eigenvalue weighted by Gasteiger charge is -1.99. The van der Waals surface area contributed by atoms with E-state index in [1.54, 1.807) is 0 Å². The predicted octanol–water partition coefficient (Wildman–Crippen LogP) is 4.11. The number of hydrogen-bond acceptors (Lipinski definition) is 3. The van der Waals surface area contributed by atoms with Crippen molar-refractivity contribution in [2.24, 2.45) is 0 Å². The molecule has 0 spiro atoms. The van der Waals surface area contributed by atoms with Gasteiger partial charge in [0.1, 0.15) is 16.0 Å². The van der Waals surface area contributed by atoms with Crippen LogP contribution in [0.25, 0.3) is 10.6 Å². The first kappa shape index (κ1) is 11.8. The van der Waals surface area contributed by atoms with Gasteiger partial charge in [0.25, 0.3) is 0 Å². The molecule has 0 saturated carbocycles. The van der Waals surface area contributed by atoms with Gasteiger partial charge >= 0.3 is 0 Å². The lowest BCUT2D eigenvalue weighted by atomic mass is 10.1. The van der Waals surface area contributed by atoms with Crippen LogP contribution in [0.3, 0.4) is 0 Å². The molecule has 0 saturated heterocycles. The molecule has 0 unspecified atom stereocenters. The Bertz CT molecular complexity index is 559. The fraction of sp³-hybridized carbons (Fsp3) is 0.286. The number of nitriles is 1. The molecule has 0 aliphatic heterocycles. The largest absolute Gasteiger partial charge is 0.239 e. The van der Waals surface area contributed by atoms with Crippen LogP contribution in [0.5, 0.6) is 0 Å². The zero-order chi connectivity index (χ0) is 12.4. The molecule has 0 amide bonds. The van der Waals surface area contributed by atoms with E-state index in [0.29, 0.717) is 5.92 Å². The SMILES string of the molecule is Cc1ccc(-c2nc(C(C)C)c(C#N)s2)cc1. The summed E-state index contributed by atoms with van der Waals surface area (Å²) in [6.07, 6.45) is 0. The van der Waals surface area contributed by atoms with Crippen LogP contribution in [0.2, 0.25) is 0 Å². The van der Waals surface area contributed by atoms with Crippen LogP contribution in [-0.2, 0) is 0 Å². The summed E-state index contributed by atoms with van der Waals surface area (Å²) < 4.78 is 0. The van der Waals surface area contributed by atoms with Crippen molar-refractivity contribution >= 4 is 11.3 Å². The molecule has 2 nitrogen and oxygen atoms in total. The highest BCUT2D eigenvalue weighted by Gasteiger charge is 2.14. The van der Waals surface area contributed by atoms with E-state index in [4.69, 9.17) is 5.26 Å². The molecule has 1 aromatic carbocycles. The third-order valence-electron chi connectivity index (χ3n) is 2.60. The standard InChI is InChI=1S/C14H14N2S/c1-9(2)13-12(8-15)17-14(16-13)11-6-4-10(3)5-7-11/h4-7,9H,1-3H3. The Balaban J connectivity index is 2.47. The average Bonchev–Trinajstić information content (AvgIpc) is 2.74. The smallest absolute Gasteiger partial charge is 0.128 e. The number of thiazole rings is 1. The maximum absolute atomic E-state index is 9.09. The van der Waals surface area contributed by atoms with Crippen molar-refractivity contribution in [3.8, 4) is 16.6 Å². The van der Waals surface area contributed by atoms with Crippen LogP contribution in [-0.4, -0.2) is 4.98 Å². The van der Waals surface area contributed by atoms with Gasteiger partial charge in [0.15, 0.2) is 0 Å². The first-order valence-corrected chi connectivity index (χ1v) is 6.41. The van der Waals surface area contributed by atoms with E-state index < -0.39 is 0 Å². The minimum absolute atomic E-state index is 0.292. The quantitative estimate of drug-likeness (QED) is 0.794. The first-order valence-electron chi connectivity index (χ1n) is 5.59. The van der Waals surface area contributed by atoms with Crippen molar-refractivity contribution in [1.82, 2.24) is 4.98 Å². The molecule has 0 atom stereocenters. The Labute approximate surface area is 106 Å². The monoisotopic (exact) mass is 242 g/mol. The normalized spacial score (nSPS) is 10.5. The summed E-state index contributed by atoms with van der Waals surface area (Å²) in [7, 11) is 0. The van der Waals surface area contributed by atoms with Crippen LogP contribution in [0.4, 0.5) is 0 Å². The number of nitrogens with zero attached hydrogens (tertiary/aromatic N) is 2. The Morgan fingerprint density at radius 2 is 1.88 bits per heavy atom. The maximum Gasteiger partial charge on any atom is 0.128 e. The van der Waals surface area contributed by atoms with E-state index in [0.717, 1.165) is 21.1 Å². The van der Waals surface area contributed by atoms with E-state index in [1.165, 1.54) is 16.9 Å². The van der Waals surface area contributed by atoms with E-state index in [1.807, 2.05) is 0 Å². The van der Waals surface area contributed by atoms with Gasteiger partial charge in [0.2, 0.25) is 0 Å². The molecule has 3 heteroatoms. The molecule has 1 heterocycles. The van der Waals surface area contributed by atoms with E-state index in [-0.39, 0.29) is 0 Å². The van der Waals surface area contributed by atoms with Crippen LogP contribution in [0.1, 0.15) is 35.9 Å². The lowest BCUT2D eigenvalue weighted by molar-refractivity contribution is 0.831. The Morgan fingerprint density at radius 1 is 1.24 bits per heavy atom. The maximum atomic E-state index is 9.09. The number of aromatic nitrogens is 1. The fourth-order valence-corrected chi connectivity index (χ4v) is 2.65. The van der Waals surface area contributed by atoms with Crippen molar-refractivity contribution in [3.63, 3.8) is 0 Å². The molecule has 1 aromatic heterocycles. The number of hydrogen-bond donors (Lipinski definition) is 0. The van der Waals surface area contributed by atoms with Crippen LogP contribution >= 0.6 is 11.3 Å². The molecule has 0 N–H and O–H groups in total. The van der Waals surface area contributed by atoms with Gasteiger partial charge in [0, 0.05) is 5.56 Å². The molecule has 86 valence electrons. The highest BCUT2D eigenvalue weighted by molar-refractivity contribution is 7.15. The van der Waals surface area contributed by atoms with E-state index >= 15 is 0 Å². The molecule has 17 heavy (non-hydrogen) atoms. The van der Waals surface area contributed by atoms with Gasteiger partial charge in [-0.2, -0.15) is 5.26 Å². The first-order chi connectivity index (χ1) is 8.11. The number of aryl methyl sites for hydroxylation is 1. The molecule has 2 aromatic rings. The summed E-state index contributed by atoms with van der Waals surface area (Å²) >= 11 is 1.47. The van der Waals surface area contributed by atoms with Crippen molar-refractivity contribution in [1.29, 1.82) is 5.26 Å². The summed E-state index contributed by atoms with van der Waals surface area (Å²) in [5, 5.41) is 10.0. The minimum atomic E-state index is 0.292. The zero-order valence-corrected chi connectivity index (χ0v) is 11.0. The average molecular weight is 242 g/mol. The molecule has 0 bridgehead atoms. The van der Waals surface area contributed by atoms with Gasteiger partial charge in [-0.05, 0) is 12.8 Å². The minimum Gasteiger partial charge on any atom is -0.239 e. The van der Waals surface area contributed by atoms with Crippen molar-refractivity contribution in [2.45, 2.75) is 26.7 Å². The Kier molecular flexibility index (Phi) is 3.26. The summed E-state index contributed by atoms with van der Waals surface area (Å²) in [5.74, 6) is 0.292. The zero-order valence-electron chi connectivity index (χ0n) is 10.2. The Hall–Kier alpha value is -1.66. The molecule has 0 radical (unpaired) electrons. The third-order valence-corrected chi connectivity index (χ3v) is 3.63. The summed E-state index contributed by atoms with van der Waals surface area (Å²) in [4.78, 5) is 5.31. The topological polar surface area (TPSA) is 36.7 Å². The molecule has 0 fully saturated rings. The highest BCUT2D eigenvalue weighted by atomic mass is 32.1. The fourth-order valence-electron chi connectivity index (χ4n) is 1.62. The highest BCUT2D eigenvalue weighted by Crippen LogP contribution is 2.31. The summed E-state index contributed by atoms with van der Waals surface area (Å²) in [6, 6.07) is 10.5. The second-order valence-corrected chi connectivity index (χ2v) is 5.36. The Morgan fingerprint density at radius 3 is 2.35 bits per heavy atom. The second-order valence-electron chi connectivity index (χ2n) is 4.37. The summed E-state index contributed by atoms with van der Waals surface area (Å²) in [5.41, 5.74) is 3.23. The second kappa shape index (κ2) is 4.68. The third kappa shape index (κ3) is 2.37.